The Morgan fingerprint density at radius 3 is 3.00 bits per heavy atom. The average Bonchev–Trinajstić information content (AvgIpc) is 3.07. The van der Waals surface area contributed by atoms with Crippen molar-refractivity contribution in [1.29, 1.82) is 0 Å². The van der Waals surface area contributed by atoms with E-state index in [0.29, 0.717) is 12.3 Å². The lowest BCUT2D eigenvalue weighted by molar-refractivity contribution is -0.136. The summed E-state index contributed by atoms with van der Waals surface area (Å²) in [5.74, 6) is 0.763. The van der Waals surface area contributed by atoms with Gasteiger partial charge in [-0.05, 0) is 37.0 Å². The summed E-state index contributed by atoms with van der Waals surface area (Å²) >= 11 is 0. The second kappa shape index (κ2) is 3.87. The number of hydrogen-bond donors (Lipinski definition) is 1. The summed E-state index contributed by atoms with van der Waals surface area (Å²) in [7, 11) is 0. The summed E-state index contributed by atoms with van der Waals surface area (Å²) < 4.78 is 5.35. The zero-order chi connectivity index (χ0) is 11.8. The van der Waals surface area contributed by atoms with Crippen molar-refractivity contribution in [3.8, 4) is 0 Å². The third kappa shape index (κ3) is 2.02. The van der Waals surface area contributed by atoms with E-state index >= 15 is 0 Å². The van der Waals surface area contributed by atoms with E-state index in [4.69, 9.17) is 9.63 Å². The van der Waals surface area contributed by atoms with E-state index in [2.05, 4.69) is 5.16 Å². The van der Waals surface area contributed by atoms with E-state index in [-0.39, 0.29) is 6.42 Å². The number of nitrogens with zero attached hydrogens (tertiary/aromatic N) is 1. The number of aromatic nitrogens is 1. The maximum atomic E-state index is 10.5. The normalized spacial score (nSPS) is 15.3. The van der Waals surface area contributed by atoms with Gasteiger partial charge in [0.05, 0.1) is 0 Å². The van der Waals surface area contributed by atoms with E-state index in [1.165, 1.54) is 12.8 Å². The Bertz CT molecular complexity index is 569. The highest BCUT2D eigenvalue weighted by molar-refractivity contribution is 5.82. The van der Waals surface area contributed by atoms with Crippen LogP contribution in [0.2, 0.25) is 0 Å². The van der Waals surface area contributed by atoms with Gasteiger partial charge in [-0.1, -0.05) is 11.2 Å². The van der Waals surface area contributed by atoms with Crippen molar-refractivity contribution in [3.05, 3.63) is 29.5 Å². The average molecular weight is 231 g/mol. The third-order valence-corrected chi connectivity index (χ3v) is 3.15. The van der Waals surface area contributed by atoms with Gasteiger partial charge < -0.3 is 9.63 Å². The molecule has 1 fully saturated rings. The fourth-order valence-corrected chi connectivity index (χ4v) is 2.06. The Morgan fingerprint density at radius 2 is 2.29 bits per heavy atom. The first kappa shape index (κ1) is 10.3. The Morgan fingerprint density at radius 1 is 1.47 bits per heavy atom. The second-order valence-electron chi connectivity index (χ2n) is 4.57. The predicted octanol–water partition coefficient (Wildman–Crippen LogP) is 2.72. The van der Waals surface area contributed by atoms with Crippen LogP contribution in [0.4, 0.5) is 0 Å². The van der Waals surface area contributed by atoms with Crippen LogP contribution in [0, 0.1) is 0 Å². The molecule has 1 aliphatic rings. The Balaban J connectivity index is 1.89. The van der Waals surface area contributed by atoms with Gasteiger partial charge in [0, 0.05) is 17.7 Å². The SMILES string of the molecule is O=C(O)CCc1ccc2c(C3CC3)onc2c1. The van der Waals surface area contributed by atoms with Crippen LogP contribution in [-0.2, 0) is 11.2 Å². The number of hydrogen-bond acceptors (Lipinski definition) is 3. The third-order valence-electron chi connectivity index (χ3n) is 3.15. The van der Waals surface area contributed by atoms with Gasteiger partial charge in [0.15, 0.2) is 0 Å². The molecule has 88 valence electrons. The molecule has 0 unspecified atom stereocenters. The maximum Gasteiger partial charge on any atom is 0.303 e. The highest BCUT2D eigenvalue weighted by atomic mass is 16.5. The zero-order valence-electron chi connectivity index (χ0n) is 9.35. The van der Waals surface area contributed by atoms with Crippen molar-refractivity contribution < 1.29 is 14.4 Å². The lowest BCUT2D eigenvalue weighted by Crippen LogP contribution is -1.97. The minimum atomic E-state index is -0.774. The van der Waals surface area contributed by atoms with E-state index in [1.807, 2.05) is 18.2 Å². The van der Waals surface area contributed by atoms with E-state index < -0.39 is 5.97 Å². The number of rotatable bonds is 4. The summed E-state index contributed by atoms with van der Waals surface area (Å²) in [5, 5.41) is 13.8. The highest BCUT2D eigenvalue weighted by Gasteiger charge is 2.29. The van der Waals surface area contributed by atoms with Gasteiger partial charge in [0.2, 0.25) is 0 Å². The molecule has 1 heterocycles. The van der Waals surface area contributed by atoms with Crippen LogP contribution in [0.1, 0.15) is 36.5 Å². The van der Waals surface area contributed by atoms with Crippen molar-refractivity contribution in [1.82, 2.24) is 5.16 Å². The van der Waals surface area contributed by atoms with Crippen LogP contribution in [-0.4, -0.2) is 16.2 Å². The molecule has 0 aliphatic heterocycles. The Kier molecular flexibility index (Phi) is 2.35. The van der Waals surface area contributed by atoms with Gasteiger partial charge in [0.25, 0.3) is 0 Å². The Labute approximate surface area is 98.2 Å². The summed E-state index contributed by atoms with van der Waals surface area (Å²) in [4.78, 5) is 10.5. The molecule has 1 N–H and O–H groups in total. The maximum absolute atomic E-state index is 10.5. The first-order chi connectivity index (χ1) is 8.24. The summed E-state index contributed by atoms with van der Waals surface area (Å²) in [6, 6.07) is 5.89. The van der Waals surface area contributed by atoms with Crippen LogP contribution < -0.4 is 0 Å². The second-order valence-corrected chi connectivity index (χ2v) is 4.57. The smallest absolute Gasteiger partial charge is 0.303 e. The van der Waals surface area contributed by atoms with Crippen molar-refractivity contribution in [3.63, 3.8) is 0 Å². The largest absolute Gasteiger partial charge is 0.481 e. The van der Waals surface area contributed by atoms with Crippen LogP contribution in [0.25, 0.3) is 10.9 Å². The first-order valence-electron chi connectivity index (χ1n) is 5.84. The molecule has 1 aromatic heterocycles. The van der Waals surface area contributed by atoms with Gasteiger partial charge in [0.1, 0.15) is 11.3 Å². The van der Waals surface area contributed by atoms with Crippen molar-refractivity contribution >= 4 is 16.9 Å². The van der Waals surface area contributed by atoms with Crippen LogP contribution in [0.3, 0.4) is 0 Å². The molecule has 0 spiro atoms. The van der Waals surface area contributed by atoms with E-state index in [9.17, 15) is 4.79 Å². The van der Waals surface area contributed by atoms with Crippen LogP contribution in [0.5, 0.6) is 0 Å². The van der Waals surface area contributed by atoms with Gasteiger partial charge >= 0.3 is 5.97 Å². The molecule has 0 amide bonds. The fraction of sp³-hybridized carbons (Fsp3) is 0.385. The minimum absolute atomic E-state index is 0.152. The lowest BCUT2D eigenvalue weighted by Gasteiger charge is -1.98. The number of aliphatic carboxylic acids is 1. The molecule has 3 rings (SSSR count). The summed E-state index contributed by atoms with van der Waals surface area (Å²) in [6.45, 7) is 0. The zero-order valence-corrected chi connectivity index (χ0v) is 9.35. The molecule has 1 aliphatic carbocycles. The van der Waals surface area contributed by atoms with Gasteiger partial charge in [-0.2, -0.15) is 0 Å². The number of carbonyl (C=O) groups is 1. The molecular formula is C13H13NO3. The first-order valence-corrected chi connectivity index (χ1v) is 5.84. The quantitative estimate of drug-likeness (QED) is 0.878. The molecule has 0 atom stereocenters. The molecular weight excluding hydrogens is 218 g/mol. The number of carboxylic acids is 1. The van der Waals surface area contributed by atoms with Gasteiger partial charge in [-0.3, -0.25) is 4.79 Å². The summed E-state index contributed by atoms with van der Waals surface area (Å²) in [5.41, 5.74) is 1.84. The Hall–Kier alpha value is -1.84. The van der Waals surface area contributed by atoms with Crippen LogP contribution >= 0.6 is 0 Å². The molecule has 0 saturated heterocycles. The predicted molar refractivity (Wildman–Crippen MR) is 61.9 cm³/mol. The number of fused-ring (bicyclic) bond motifs is 1. The monoisotopic (exact) mass is 231 g/mol. The molecule has 1 saturated carbocycles. The highest BCUT2D eigenvalue weighted by Crippen LogP contribution is 2.43. The molecule has 1 aromatic carbocycles. The van der Waals surface area contributed by atoms with Crippen molar-refractivity contribution in [2.45, 2.75) is 31.6 Å². The topological polar surface area (TPSA) is 63.3 Å². The standard InChI is InChI=1S/C13H13NO3/c15-12(16)6-2-8-1-5-10-11(7-8)14-17-13(10)9-3-4-9/h1,5,7,9H,2-4,6H2,(H,15,16). The number of carboxylic acid groups (broad SMARTS) is 1. The van der Waals surface area contributed by atoms with Crippen molar-refractivity contribution in [2.75, 3.05) is 0 Å². The summed E-state index contributed by atoms with van der Waals surface area (Å²) in [6.07, 6.45) is 3.06. The van der Waals surface area contributed by atoms with Crippen molar-refractivity contribution in [2.24, 2.45) is 0 Å². The van der Waals surface area contributed by atoms with Gasteiger partial charge in [-0.25, -0.2) is 0 Å². The van der Waals surface area contributed by atoms with Crippen LogP contribution in [0.15, 0.2) is 22.7 Å². The number of benzene rings is 1. The lowest BCUT2D eigenvalue weighted by atomic mass is 10.1. The van der Waals surface area contributed by atoms with E-state index in [1.54, 1.807) is 0 Å². The fourth-order valence-electron chi connectivity index (χ4n) is 2.06. The van der Waals surface area contributed by atoms with E-state index in [0.717, 1.165) is 22.2 Å². The molecule has 0 radical (unpaired) electrons. The molecule has 4 heteroatoms. The molecule has 0 bridgehead atoms. The minimum Gasteiger partial charge on any atom is -0.481 e. The number of aryl methyl sites for hydroxylation is 1. The molecule has 4 nitrogen and oxygen atoms in total. The molecule has 17 heavy (non-hydrogen) atoms. The molecule has 2 aromatic rings. The van der Waals surface area contributed by atoms with Gasteiger partial charge in [-0.15, -0.1) is 0 Å².